The first kappa shape index (κ1) is 16.0. The van der Waals surface area contributed by atoms with Gasteiger partial charge in [0.15, 0.2) is 0 Å². The highest BCUT2D eigenvalue weighted by atomic mass is 79.9. The van der Waals surface area contributed by atoms with Crippen LogP contribution in [-0.4, -0.2) is 16.2 Å². The van der Waals surface area contributed by atoms with Crippen molar-refractivity contribution in [3.05, 3.63) is 27.7 Å². The lowest BCUT2D eigenvalue weighted by Gasteiger charge is -2.29. The van der Waals surface area contributed by atoms with Crippen LogP contribution in [0.25, 0.3) is 0 Å². The molecule has 0 aliphatic rings. The van der Waals surface area contributed by atoms with Crippen LogP contribution in [0.5, 0.6) is 5.75 Å². The number of benzene rings is 1. The summed E-state index contributed by atoms with van der Waals surface area (Å²) in [4.78, 5) is 11.0. The van der Waals surface area contributed by atoms with Crippen LogP contribution in [0.3, 0.4) is 0 Å². The van der Waals surface area contributed by atoms with Crippen LogP contribution in [0.1, 0.15) is 52.2 Å². The van der Waals surface area contributed by atoms with Crippen molar-refractivity contribution in [2.45, 2.75) is 51.9 Å². The molecular formula is C15H21BrO3. The normalized spacial score (nSPS) is 12.5. The first-order valence-electron chi connectivity index (χ1n) is 6.20. The number of hydrogen-bond donors (Lipinski definition) is 2. The molecule has 1 aromatic carbocycles. The molecule has 1 aromatic rings. The van der Waals surface area contributed by atoms with Gasteiger partial charge in [-0.05, 0) is 17.5 Å². The molecule has 106 valence electrons. The highest BCUT2D eigenvalue weighted by Gasteiger charge is 2.30. The molecule has 0 aromatic heterocycles. The Labute approximate surface area is 122 Å². The summed E-state index contributed by atoms with van der Waals surface area (Å²) in [6, 6.07) is 3.68. The Morgan fingerprint density at radius 3 is 2.05 bits per heavy atom. The number of phenolic OH excluding ortho intramolecular Hbond substituents is 1. The van der Waals surface area contributed by atoms with Gasteiger partial charge >= 0.3 is 5.97 Å². The van der Waals surface area contributed by atoms with Crippen LogP contribution in [0.15, 0.2) is 16.6 Å². The van der Waals surface area contributed by atoms with Crippen molar-refractivity contribution in [3.8, 4) is 5.75 Å². The van der Waals surface area contributed by atoms with Crippen molar-refractivity contribution in [1.29, 1.82) is 0 Å². The molecule has 0 unspecified atom stereocenters. The highest BCUT2D eigenvalue weighted by molar-refractivity contribution is 9.10. The lowest BCUT2D eigenvalue weighted by Crippen LogP contribution is -2.23. The number of hydrogen-bond acceptors (Lipinski definition) is 2. The summed E-state index contributed by atoms with van der Waals surface area (Å²) in [6.45, 7) is 9.71. The van der Waals surface area contributed by atoms with E-state index in [1.165, 1.54) is 0 Å². The Morgan fingerprint density at radius 2 is 1.63 bits per heavy atom. The maximum Gasteiger partial charge on any atom is 0.304 e. The summed E-state index contributed by atoms with van der Waals surface area (Å²) in [5.74, 6) is -0.677. The number of carbonyl (C=O) groups is 1. The quantitative estimate of drug-likeness (QED) is 0.873. The molecule has 0 bridgehead atoms. The van der Waals surface area contributed by atoms with E-state index in [1.54, 1.807) is 6.07 Å². The van der Waals surface area contributed by atoms with Crippen LogP contribution in [0.2, 0.25) is 0 Å². The number of phenols is 1. The van der Waals surface area contributed by atoms with Crippen LogP contribution >= 0.6 is 15.9 Å². The van der Waals surface area contributed by atoms with Crippen LogP contribution < -0.4 is 0 Å². The second-order valence-electron chi connectivity index (χ2n) is 6.55. The number of carboxylic acids is 1. The van der Waals surface area contributed by atoms with Crippen molar-refractivity contribution < 1.29 is 15.0 Å². The van der Waals surface area contributed by atoms with E-state index in [2.05, 4.69) is 15.9 Å². The summed E-state index contributed by atoms with van der Waals surface area (Å²) in [6.07, 6.45) is -0.0272. The van der Waals surface area contributed by atoms with Gasteiger partial charge < -0.3 is 10.2 Å². The van der Waals surface area contributed by atoms with E-state index >= 15 is 0 Å². The Morgan fingerprint density at radius 1 is 1.16 bits per heavy atom. The average molecular weight is 329 g/mol. The predicted molar refractivity (Wildman–Crippen MR) is 79.8 cm³/mol. The lowest BCUT2D eigenvalue weighted by atomic mass is 9.77. The number of halogens is 1. The molecule has 0 saturated carbocycles. The monoisotopic (exact) mass is 328 g/mol. The van der Waals surface area contributed by atoms with Crippen molar-refractivity contribution in [1.82, 2.24) is 0 Å². The molecule has 0 fully saturated rings. The zero-order valence-corrected chi connectivity index (χ0v) is 13.6. The van der Waals surface area contributed by atoms with E-state index in [0.717, 1.165) is 10.0 Å². The van der Waals surface area contributed by atoms with E-state index in [0.29, 0.717) is 5.56 Å². The minimum atomic E-state index is -0.873. The molecule has 0 radical (unpaired) electrons. The third-order valence-electron chi connectivity index (χ3n) is 3.20. The van der Waals surface area contributed by atoms with Gasteiger partial charge in [-0.2, -0.15) is 0 Å². The topological polar surface area (TPSA) is 57.5 Å². The molecule has 0 aliphatic heterocycles. The smallest absolute Gasteiger partial charge is 0.304 e. The number of rotatable bonds is 3. The van der Waals surface area contributed by atoms with E-state index < -0.39 is 11.4 Å². The maximum absolute atomic E-state index is 11.0. The fraction of sp³-hybridized carbons (Fsp3) is 0.533. The van der Waals surface area contributed by atoms with Crippen molar-refractivity contribution in [2.24, 2.45) is 0 Å². The molecule has 3 nitrogen and oxygen atoms in total. The van der Waals surface area contributed by atoms with Crippen molar-refractivity contribution in [3.63, 3.8) is 0 Å². The largest absolute Gasteiger partial charge is 0.507 e. The minimum Gasteiger partial charge on any atom is -0.507 e. The van der Waals surface area contributed by atoms with Gasteiger partial charge in [0, 0.05) is 21.0 Å². The third-order valence-corrected chi connectivity index (χ3v) is 3.66. The fourth-order valence-electron chi connectivity index (χ4n) is 2.16. The minimum absolute atomic E-state index is 0.0272. The number of carboxylic acid groups (broad SMARTS) is 1. The van der Waals surface area contributed by atoms with Crippen molar-refractivity contribution >= 4 is 21.9 Å². The number of aromatic hydroxyl groups is 1. The molecule has 19 heavy (non-hydrogen) atoms. The van der Waals surface area contributed by atoms with Gasteiger partial charge in [0.05, 0.1) is 6.42 Å². The van der Waals surface area contributed by atoms with Crippen LogP contribution in [-0.2, 0) is 15.6 Å². The molecule has 0 heterocycles. The lowest BCUT2D eigenvalue weighted by molar-refractivity contribution is -0.138. The Kier molecular flexibility index (Phi) is 4.35. The Balaban J connectivity index is 3.45. The summed E-state index contributed by atoms with van der Waals surface area (Å²) >= 11 is 3.44. The molecule has 4 heteroatoms. The second kappa shape index (κ2) is 5.16. The Bertz CT molecular complexity index is 499. The van der Waals surface area contributed by atoms with Gasteiger partial charge in [0.25, 0.3) is 0 Å². The SMILES string of the molecule is CC(C)(C)c1cc(Br)cc(C(C)(C)CC(=O)O)c1O. The van der Waals surface area contributed by atoms with Crippen LogP contribution in [0.4, 0.5) is 0 Å². The Hall–Kier alpha value is -1.03. The summed E-state index contributed by atoms with van der Waals surface area (Å²) in [5, 5.41) is 19.5. The molecule has 0 aliphatic carbocycles. The second-order valence-corrected chi connectivity index (χ2v) is 7.47. The zero-order chi connectivity index (χ0) is 15.0. The molecular weight excluding hydrogens is 308 g/mol. The molecule has 0 amide bonds. The summed E-state index contributed by atoms with van der Waals surface area (Å²) in [5.41, 5.74) is 0.645. The first-order valence-corrected chi connectivity index (χ1v) is 7.00. The molecule has 0 spiro atoms. The zero-order valence-electron chi connectivity index (χ0n) is 12.0. The molecule has 0 atom stereocenters. The van der Waals surface area contributed by atoms with Crippen molar-refractivity contribution in [2.75, 3.05) is 0 Å². The highest BCUT2D eigenvalue weighted by Crippen LogP contribution is 2.42. The summed E-state index contributed by atoms with van der Waals surface area (Å²) in [7, 11) is 0. The van der Waals surface area contributed by atoms with E-state index in [4.69, 9.17) is 5.11 Å². The van der Waals surface area contributed by atoms with Gasteiger partial charge in [-0.25, -0.2) is 0 Å². The van der Waals surface area contributed by atoms with E-state index in [9.17, 15) is 9.90 Å². The molecule has 1 rings (SSSR count). The van der Waals surface area contributed by atoms with Gasteiger partial charge in [-0.1, -0.05) is 50.5 Å². The average Bonchev–Trinajstić information content (AvgIpc) is 2.17. The predicted octanol–water partition coefficient (Wildman–Crippen LogP) is 4.20. The number of aliphatic carboxylic acids is 1. The summed E-state index contributed by atoms with van der Waals surface area (Å²) < 4.78 is 0.851. The standard InChI is InChI=1S/C15H21BrO3/c1-14(2,3)10-6-9(16)7-11(13(10)19)15(4,5)8-12(17)18/h6-7,19H,8H2,1-5H3,(H,17,18). The fourth-order valence-corrected chi connectivity index (χ4v) is 2.62. The first-order chi connectivity index (χ1) is 8.45. The maximum atomic E-state index is 11.0. The van der Waals surface area contributed by atoms with Gasteiger partial charge in [-0.3, -0.25) is 4.79 Å². The molecule has 2 N–H and O–H groups in total. The van der Waals surface area contributed by atoms with Gasteiger partial charge in [0.2, 0.25) is 0 Å². The van der Waals surface area contributed by atoms with E-state index in [-0.39, 0.29) is 17.6 Å². The van der Waals surface area contributed by atoms with Gasteiger partial charge in [0.1, 0.15) is 5.75 Å². The molecule has 0 saturated heterocycles. The van der Waals surface area contributed by atoms with Gasteiger partial charge in [-0.15, -0.1) is 0 Å². The third kappa shape index (κ3) is 3.72. The van der Waals surface area contributed by atoms with Crippen LogP contribution in [0, 0.1) is 0 Å². The van der Waals surface area contributed by atoms with E-state index in [1.807, 2.05) is 40.7 Å².